The molecule has 1 fully saturated rings. The molecule has 1 saturated heterocycles. The number of para-hydroxylation sites is 1. The first-order valence-corrected chi connectivity index (χ1v) is 7.33. The van der Waals surface area contributed by atoms with Crippen molar-refractivity contribution in [3.8, 4) is 0 Å². The van der Waals surface area contributed by atoms with Gasteiger partial charge in [0.25, 0.3) is 5.56 Å². The third-order valence-electron chi connectivity index (χ3n) is 3.85. The van der Waals surface area contributed by atoms with E-state index >= 15 is 0 Å². The zero-order valence-corrected chi connectivity index (χ0v) is 12.6. The van der Waals surface area contributed by atoms with Crippen molar-refractivity contribution in [2.75, 3.05) is 36.0 Å². The maximum absolute atomic E-state index is 11.5. The van der Waals surface area contributed by atoms with E-state index in [-0.39, 0.29) is 10.6 Å². The summed E-state index contributed by atoms with van der Waals surface area (Å²) >= 11 is 6.07. The minimum atomic E-state index is -0.337. The first kappa shape index (κ1) is 13.9. The van der Waals surface area contributed by atoms with Crippen LogP contribution in [0.15, 0.2) is 35.3 Å². The fourth-order valence-corrected chi connectivity index (χ4v) is 2.91. The molecule has 110 valence electrons. The molecule has 0 spiro atoms. The van der Waals surface area contributed by atoms with E-state index in [1.54, 1.807) is 6.20 Å². The average Bonchev–Trinajstić information content (AvgIpc) is 2.51. The van der Waals surface area contributed by atoms with Crippen LogP contribution in [0.3, 0.4) is 0 Å². The van der Waals surface area contributed by atoms with Crippen molar-refractivity contribution >= 4 is 23.0 Å². The molecule has 1 N–H and O–H groups in total. The Bertz CT molecular complexity index is 692. The SMILES string of the molecule is Cc1ccccc1N1CCN(c2cn[nH]c(=O)c2Cl)CC1. The second-order valence-corrected chi connectivity index (χ2v) is 5.54. The predicted molar refractivity (Wildman–Crippen MR) is 85.5 cm³/mol. The van der Waals surface area contributed by atoms with Gasteiger partial charge in [0.2, 0.25) is 0 Å². The molecule has 2 aromatic rings. The molecule has 0 atom stereocenters. The van der Waals surface area contributed by atoms with Gasteiger partial charge in [0.1, 0.15) is 5.02 Å². The summed E-state index contributed by atoms with van der Waals surface area (Å²) < 4.78 is 0. The summed E-state index contributed by atoms with van der Waals surface area (Å²) in [6, 6.07) is 8.38. The van der Waals surface area contributed by atoms with Gasteiger partial charge in [-0.2, -0.15) is 5.10 Å². The van der Waals surface area contributed by atoms with E-state index in [2.05, 4.69) is 51.2 Å². The van der Waals surface area contributed by atoms with Crippen LogP contribution >= 0.6 is 11.6 Å². The first-order chi connectivity index (χ1) is 10.2. The van der Waals surface area contributed by atoms with Crippen molar-refractivity contribution < 1.29 is 0 Å². The zero-order valence-electron chi connectivity index (χ0n) is 11.8. The van der Waals surface area contributed by atoms with Gasteiger partial charge in [-0.3, -0.25) is 4.79 Å². The molecule has 21 heavy (non-hydrogen) atoms. The summed E-state index contributed by atoms with van der Waals surface area (Å²) in [5, 5.41) is 6.40. The fraction of sp³-hybridized carbons (Fsp3) is 0.333. The van der Waals surface area contributed by atoms with Gasteiger partial charge in [0.05, 0.1) is 11.9 Å². The standard InChI is InChI=1S/C15H17ClN4O/c1-11-4-2-3-5-12(11)19-6-8-20(9-7-19)13-10-17-18-15(21)14(13)16/h2-5,10H,6-9H2,1H3,(H,18,21). The minimum Gasteiger partial charge on any atom is -0.368 e. The summed E-state index contributed by atoms with van der Waals surface area (Å²) in [5.74, 6) is 0. The van der Waals surface area contributed by atoms with Gasteiger partial charge in [0.15, 0.2) is 0 Å². The summed E-state index contributed by atoms with van der Waals surface area (Å²) in [7, 11) is 0. The number of benzene rings is 1. The van der Waals surface area contributed by atoms with E-state index in [9.17, 15) is 4.79 Å². The average molecular weight is 305 g/mol. The monoisotopic (exact) mass is 304 g/mol. The van der Waals surface area contributed by atoms with Gasteiger partial charge >= 0.3 is 0 Å². The van der Waals surface area contributed by atoms with Crippen molar-refractivity contribution in [1.29, 1.82) is 0 Å². The number of halogens is 1. The molecule has 1 aromatic carbocycles. The van der Waals surface area contributed by atoms with Crippen LogP contribution in [0.1, 0.15) is 5.56 Å². The molecule has 3 rings (SSSR count). The van der Waals surface area contributed by atoms with Crippen LogP contribution < -0.4 is 15.4 Å². The highest BCUT2D eigenvalue weighted by atomic mass is 35.5. The Morgan fingerprint density at radius 1 is 1.10 bits per heavy atom. The van der Waals surface area contributed by atoms with Crippen molar-refractivity contribution in [1.82, 2.24) is 10.2 Å². The molecule has 0 unspecified atom stereocenters. The molecule has 1 aromatic heterocycles. The summed E-state index contributed by atoms with van der Waals surface area (Å²) in [4.78, 5) is 16.0. The third kappa shape index (κ3) is 2.74. The third-order valence-corrected chi connectivity index (χ3v) is 4.22. The maximum Gasteiger partial charge on any atom is 0.285 e. The zero-order chi connectivity index (χ0) is 14.8. The van der Waals surface area contributed by atoms with Crippen molar-refractivity contribution in [3.05, 3.63) is 51.4 Å². The van der Waals surface area contributed by atoms with Gasteiger partial charge in [-0.15, -0.1) is 0 Å². The van der Waals surface area contributed by atoms with Gasteiger partial charge < -0.3 is 9.80 Å². The van der Waals surface area contributed by atoms with Crippen LogP contribution in [0.5, 0.6) is 0 Å². The van der Waals surface area contributed by atoms with E-state index in [0.717, 1.165) is 26.2 Å². The smallest absolute Gasteiger partial charge is 0.285 e. The molecule has 0 saturated carbocycles. The fourth-order valence-electron chi connectivity index (χ4n) is 2.70. The number of nitrogens with one attached hydrogen (secondary N) is 1. The quantitative estimate of drug-likeness (QED) is 0.923. The number of aryl methyl sites for hydroxylation is 1. The van der Waals surface area contributed by atoms with Crippen LogP contribution in [0, 0.1) is 6.92 Å². The van der Waals surface area contributed by atoms with Crippen LogP contribution in [0.2, 0.25) is 5.02 Å². The Balaban J connectivity index is 1.75. The number of aromatic amines is 1. The molecule has 0 bridgehead atoms. The molecule has 2 heterocycles. The predicted octanol–water partition coefficient (Wildman–Crippen LogP) is 2.06. The highest BCUT2D eigenvalue weighted by Gasteiger charge is 2.21. The lowest BCUT2D eigenvalue weighted by Crippen LogP contribution is -2.47. The molecule has 0 radical (unpaired) electrons. The van der Waals surface area contributed by atoms with Gasteiger partial charge in [-0.05, 0) is 18.6 Å². The van der Waals surface area contributed by atoms with E-state index in [4.69, 9.17) is 11.6 Å². The van der Waals surface area contributed by atoms with Crippen LogP contribution in [-0.2, 0) is 0 Å². The first-order valence-electron chi connectivity index (χ1n) is 6.95. The molecular formula is C15H17ClN4O. The molecule has 0 amide bonds. The number of rotatable bonds is 2. The topological polar surface area (TPSA) is 52.2 Å². The molecule has 0 aliphatic carbocycles. The summed E-state index contributed by atoms with van der Waals surface area (Å²) in [5.41, 5.74) is 2.93. The normalized spacial score (nSPS) is 15.3. The molecule has 1 aliphatic rings. The highest BCUT2D eigenvalue weighted by molar-refractivity contribution is 6.33. The lowest BCUT2D eigenvalue weighted by Gasteiger charge is -2.37. The number of hydrogen-bond donors (Lipinski definition) is 1. The van der Waals surface area contributed by atoms with Crippen LogP contribution in [0.25, 0.3) is 0 Å². The van der Waals surface area contributed by atoms with E-state index in [1.807, 2.05) is 0 Å². The summed E-state index contributed by atoms with van der Waals surface area (Å²) in [6.07, 6.45) is 1.62. The summed E-state index contributed by atoms with van der Waals surface area (Å²) in [6.45, 7) is 5.56. The van der Waals surface area contributed by atoms with E-state index < -0.39 is 0 Å². The van der Waals surface area contributed by atoms with Gasteiger partial charge in [0, 0.05) is 31.9 Å². The molecule has 5 nitrogen and oxygen atoms in total. The second-order valence-electron chi connectivity index (χ2n) is 5.16. The molecule has 6 heteroatoms. The van der Waals surface area contributed by atoms with E-state index in [1.165, 1.54) is 11.3 Å². The molecule has 1 aliphatic heterocycles. The van der Waals surface area contributed by atoms with Gasteiger partial charge in [-0.25, -0.2) is 5.10 Å². The highest BCUT2D eigenvalue weighted by Crippen LogP contribution is 2.25. The number of aromatic nitrogens is 2. The van der Waals surface area contributed by atoms with E-state index in [0.29, 0.717) is 5.69 Å². The Morgan fingerprint density at radius 2 is 1.71 bits per heavy atom. The maximum atomic E-state index is 11.5. The Labute approximate surface area is 128 Å². The second kappa shape index (κ2) is 5.77. The Morgan fingerprint density at radius 3 is 2.38 bits per heavy atom. The number of anilines is 2. The lowest BCUT2D eigenvalue weighted by molar-refractivity contribution is 0.650. The van der Waals surface area contributed by atoms with Crippen LogP contribution in [0.4, 0.5) is 11.4 Å². The van der Waals surface area contributed by atoms with Crippen molar-refractivity contribution in [3.63, 3.8) is 0 Å². The van der Waals surface area contributed by atoms with Crippen molar-refractivity contribution in [2.45, 2.75) is 6.92 Å². The van der Waals surface area contributed by atoms with Gasteiger partial charge in [-0.1, -0.05) is 29.8 Å². The number of piperazine rings is 1. The largest absolute Gasteiger partial charge is 0.368 e. The van der Waals surface area contributed by atoms with Crippen LogP contribution in [-0.4, -0.2) is 36.4 Å². The molecular weight excluding hydrogens is 288 g/mol. The Kier molecular flexibility index (Phi) is 3.84. The number of hydrogen-bond acceptors (Lipinski definition) is 4. The number of nitrogens with zero attached hydrogens (tertiary/aromatic N) is 3. The Hall–Kier alpha value is -2.01. The van der Waals surface area contributed by atoms with Crippen molar-refractivity contribution in [2.24, 2.45) is 0 Å². The minimum absolute atomic E-state index is 0.217. The number of H-pyrrole nitrogens is 1. The lowest BCUT2D eigenvalue weighted by atomic mass is 10.1.